The fraction of sp³-hybridized carbons (Fsp3) is 0.778. The van der Waals surface area contributed by atoms with Crippen molar-refractivity contribution >= 4 is 23.9 Å². The molecular weight excluding hydrogens is 376 g/mol. The van der Waals surface area contributed by atoms with Crippen molar-refractivity contribution in [3.8, 4) is 0 Å². The van der Waals surface area contributed by atoms with Crippen LogP contribution in [0.4, 0.5) is 0 Å². The Morgan fingerprint density at radius 3 is 1.68 bits per heavy atom. The molecule has 28 heavy (non-hydrogen) atoms. The normalized spacial score (nSPS) is 28.2. The van der Waals surface area contributed by atoms with Crippen molar-refractivity contribution in [2.45, 2.75) is 78.4 Å². The molecule has 10 nitrogen and oxygen atoms in total. The molecule has 0 aromatic carbocycles. The zero-order valence-corrected chi connectivity index (χ0v) is 17.1. The molecule has 0 aromatic rings. The van der Waals surface area contributed by atoms with E-state index in [1.165, 1.54) is 0 Å². The summed E-state index contributed by atoms with van der Waals surface area (Å²) in [5, 5.41) is 0. The highest BCUT2D eigenvalue weighted by Crippen LogP contribution is 2.31. The Kier molecular flexibility index (Phi) is 8.83. The lowest BCUT2D eigenvalue weighted by Crippen LogP contribution is -2.64. The molecule has 0 bridgehead atoms. The number of methoxy groups -OCH3 is 1. The van der Waals surface area contributed by atoms with Crippen LogP contribution in [0.5, 0.6) is 0 Å². The van der Waals surface area contributed by atoms with Crippen LogP contribution in [0.15, 0.2) is 0 Å². The summed E-state index contributed by atoms with van der Waals surface area (Å²) < 4.78 is 31.9. The molecule has 1 rings (SSSR count). The average molecular weight is 404 g/mol. The first-order chi connectivity index (χ1) is 13.0. The van der Waals surface area contributed by atoms with Crippen molar-refractivity contribution < 1.29 is 47.6 Å². The zero-order chi connectivity index (χ0) is 21.6. The monoisotopic (exact) mass is 404 g/mol. The quantitative estimate of drug-likeness (QED) is 0.443. The Morgan fingerprint density at radius 2 is 1.25 bits per heavy atom. The van der Waals surface area contributed by atoms with Crippen LogP contribution in [0.3, 0.4) is 0 Å². The van der Waals surface area contributed by atoms with Gasteiger partial charge in [0.15, 0.2) is 30.7 Å². The SMILES string of the molecule is COC(=O)[C@H]1O[C@@H](O[C@@H](C)C(C)C)[C@H](OC(C)=O)[C@@H](OC(C)=O)[C@@H]1OC(C)=O. The molecule has 1 saturated heterocycles. The van der Waals surface area contributed by atoms with Crippen molar-refractivity contribution in [3.05, 3.63) is 0 Å². The molecular formula is C18H28O10. The predicted molar refractivity (Wildman–Crippen MR) is 92.7 cm³/mol. The van der Waals surface area contributed by atoms with E-state index in [4.69, 9.17) is 28.4 Å². The second kappa shape index (κ2) is 10.4. The third kappa shape index (κ3) is 6.45. The van der Waals surface area contributed by atoms with Crippen LogP contribution in [0.2, 0.25) is 0 Å². The first-order valence-electron chi connectivity index (χ1n) is 8.88. The standard InChI is InChI=1S/C18H28O10/c1-8(2)9(3)24-18-16(27-12(6)21)14(26-11(5)20)13(25-10(4)19)15(28-18)17(22)23-7/h8-9,13-16,18H,1-7H3/t9-,13-,14-,15-,16+,18+/m0/s1. The molecule has 0 spiro atoms. The van der Waals surface area contributed by atoms with Gasteiger partial charge >= 0.3 is 23.9 Å². The summed E-state index contributed by atoms with van der Waals surface area (Å²) in [5.74, 6) is -2.99. The second-order valence-electron chi connectivity index (χ2n) is 6.76. The highest BCUT2D eigenvalue weighted by Gasteiger charge is 2.55. The first kappa shape index (κ1) is 23.8. The van der Waals surface area contributed by atoms with E-state index in [-0.39, 0.29) is 12.0 Å². The van der Waals surface area contributed by atoms with E-state index in [0.717, 1.165) is 27.9 Å². The third-order valence-corrected chi connectivity index (χ3v) is 4.12. The number of hydrogen-bond acceptors (Lipinski definition) is 10. The minimum Gasteiger partial charge on any atom is -0.467 e. The summed E-state index contributed by atoms with van der Waals surface area (Å²) in [4.78, 5) is 47.1. The Morgan fingerprint density at radius 1 is 0.786 bits per heavy atom. The first-order valence-corrected chi connectivity index (χ1v) is 8.88. The predicted octanol–water partition coefficient (Wildman–Crippen LogP) is 0.740. The minimum absolute atomic E-state index is 0.0662. The molecule has 0 radical (unpaired) electrons. The molecule has 0 aromatic heterocycles. The molecule has 1 aliphatic rings. The maximum absolute atomic E-state index is 12.2. The molecule has 0 amide bonds. The topological polar surface area (TPSA) is 124 Å². The molecule has 1 fully saturated rings. The van der Waals surface area contributed by atoms with Crippen LogP contribution in [0.1, 0.15) is 41.5 Å². The summed E-state index contributed by atoms with van der Waals surface area (Å²) in [6.07, 6.45) is -7.08. The van der Waals surface area contributed by atoms with Crippen molar-refractivity contribution in [1.82, 2.24) is 0 Å². The molecule has 6 atom stereocenters. The number of hydrogen-bond donors (Lipinski definition) is 0. The molecule has 160 valence electrons. The Balaban J connectivity index is 3.38. The van der Waals surface area contributed by atoms with Crippen LogP contribution >= 0.6 is 0 Å². The number of ether oxygens (including phenoxy) is 6. The van der Waals surface area contributed by atoms with E-state index >= 15 is 0 Å². The summed E-state index contributed by atoms with van der Waals surface area (Å²) in [6.45, 7) is 8.97. The Bertz CT molecular complexity index is 587. The van der Waals surface area contributed by atoms with E-state index in [1.54, 1.807) is 6.92 Å². The van der Waals surface area contributed by atoms with Gasteiger partial charge in [-0.15, -0.1) is 0 Å². The maximum atomic E-state index is 12.2. The molecule has 1 heterocycles. The van der Waals surface area contributed by atoms with Gasteiger partial charge in [0.1, 0.15) is 0 Å². The fourth-order valence-electron chi connectivity index (χ4n) is 2.56. The fourth-order valence-corrected chi connectivity index (χ4v) is 2.56. The zero-order valence-electron chi connectivity index (χ0n) is 17.1. The van der Waals surface area contributed by atoms with E-state index in [9.17, 15) is 19.2 Å². The van der Waals surface area contributed by atoms with Gasteiger partial charge in [-0.3, -0.25) is 14.4 Å². The maximum Gasteiger partial charge on any atom is 0.339 e. The highest BCUT2D eigenvalue weighted by molar-refractivity contribution is 5.77. The van der Waals surface area contributed by atoms with Crippen molar-refractivity contribution in [2.75, 3.05) is 7.11 Å². The van der Waals surface area contributed by atoms with Gasteiger partial charge in [-0.2, -0.15) is 0 Å². The van der Waals surface area contributed by atoms with Gasteiger partial charge in [0.05, 0.1) is 13.2 Å². The van der Waals surface area contributed by atoms with E-state index in [1.807, 2.05) is 13.8 Å². The summed E-state index contributed by atoms with van der Waals surface area (Å²) >= 11 is 0. The lowest BCUT2D eigenvalue weighted by atomic mass is 9.97. The smallest absolute Gasteiger partial charge is 0.339 e. The van der Waals surface area contributed by atoms with Crippen LogP contribution in [0.25, 0.3) is 0 Å². The van der Waals surface area contributed by atoms with Gasteiger partial charge in [0.25, 0.3) is 0 Å². The third-order valence-electron chi connectivity index (χ3n) is 4.12. The van der Waals surface area contributed by atoms with Gasteiger partial charge in [-0.1, -0.05) is 13.8 Å². The van der Waals surface area contributed by atoms with Crippen LogP contribution in [-0.4, -0.2) is 67.8 Å². The largest absolute Gasteiger partial charge is 0.467 e. The molecule has 0 saturated carbocycles. The van der Waals surface area contributed by atoms with Crippen LogP contribution < -0.4 is 0 Å². The molecule has 0 N–H and O–H groups in total. The van der Waals surface area contributed by atoms with Crippen LogP contribution in [-0.2, 0) is 47.6 Å². The van der Waals surface area contributed by atoms with Gasteiger partial charge in [0, 0.05) is 20.8 Å². The van der Waals surface area contributed by atoms with Crippen molar-refractivity contribution in [1.29, 1.82) is 0 Å². The number of esters is 4. The molecule has 1 aliphatic heterocycles. The summed E-state index contributed by atoms with van der Waals surface area (Å²) in [6, 6.07) is 0. The van der Waals surface area contributed by atoms with Crippen molar-refractivity contribution in [3.63, 3.8) is 0 Å². The average Bonchev–Trinajstić information content (AvgIpc) is 2.57. The van der Waals surface area contributed by atoms with E-state index in [2.05, 4.69) is 0 Å². The van der Waals surface area contributed by atoms with Gasteiger partial charge in [-0.25, -0.2) is 4.79 Å². The van der Waals surface area contributed by atoms with Gasteiger partial charge in [0.2, 0.25) is 0 Å². The summed E-state index contributed by atoms with van der Waals surface area (Å²) in [7, 11) is 1.13. The van der Waals surface area contributed by atoms with E-state index < -0.39 is 54.6 Å². The number of carbonyl (C=O) groups is 4. The molecule has 10 heteroatoms. The lowest BCUT2D eigenvalue weighted by Gasteiger charge is -2.44. The molecule has 0 aliphatic carbocycles. The van der Waals surface area contributed by atoms with Crippen LogP contribution in [0, 0.1) is 5.92 Å². The summed E-state index contributed by atoms with van der Waals surface area (Å²) in [5.41, 5.74) is 0. The van der Waals surface area contributed by atoms with Gasteiger partial charge in [-0.05, 0) is 12.8 Å². The Hall–Kier alpha value is -2.20. The van der Waals surface area contributed by atoms with Crippen molar-refractivity contribution in [2.24, 2.45) is 5.92 Å². The Labute approximate surface area is 163 Å². The minimum atomic E-state index is -1.45. The van der Waals surface area contributed by atoms with E-state index in [0.29, 0.717) is 0 Å². The van der Waals surface area contributed by atoms with Gasteiger partial charge < -0.3 is 28.4 Å². The lowest BCUT2D eigenvalue weighted by molar-refractivity contribution is -0.311. The second-order valence-corrected chi connectivity index (χ2v) is 6.76. The highest BCUT2D eigenvalue weighted by atomic mass is 16.7. The number of rotatable bonds is 7. The molecule has 0 unspecified atom stereocenters. The number of carbonyl (C=O) groups excluding carboxylic acids is 4.